The van der Waals surface area contributed by atoms with Crippen molar-refractivity contribution >= 4 is 18.5 Å². The monoisotopic (exact) mass is 286 g/mol. The molecule has 6 nitrogen and oxygen atoms in total. The van der Waals surface area contributed by atoms with Gasteiger partial charge in [0, 0.05) is 30.9 Å². The molecule has 1 heterocycles. The van der Waals surface area contributed by atoms with Gasteiger partial charge in [0.25, 0.3) is 11.5 Å². The number of aromatic nitrogens is 1. The zero-order chi connectivity index (χ0) is 15.4. The molecule has 2 rings (SSSR count). The summed E-state index contributed by atoms with van der Waals surface area (Å²) in [5.41, 5.74) is 1.03. The van der Waals surface area contributed by atoms with E-state index in [1.165, 1.54) is 28.8 Å². The summed E-state index contributed by atoms with van der Waals surface area (Å²) in [6, 6.07) is 9.30. The molecule has 0 aliphatic heterocycles. The largest absolute Gasteiger partial charge is 0.488 e. The minimum atomic E-state index is -1.56. The quantitative estimate of drug-likeness (QED) is 0.628. The van der Waals surface area contributed by atoms with Crippen molar-refractivity contribution in [1.82, 2.24) is 9.88 Å². The third-order valence-electron chi connectivity index (χ3n) is 3.11. The molecule has 0 radical (unpaired) electrons. The Labute approximate surface area is 121 Å². The first kappa shape index (κ1) is 15.0. The first-order valence-corrected chi connectivity index (χ1v) is 6.38. The Morgan fingerprint density at radius 2 is 1.90 bits per heavy atom. The zero-order valence-corrected chi connectivity index (χ0v) is 11.5. The standard InChI is InChI=1S/C14H15BN2O4/c1-17-8-2-3-11(14(17)19)9-16-13(18)10-4-6-12(7-5-10)15(20)21/h2-8,20-21H,9H2,1H3,(H,16,18). The van der Waals surface area contributed by atoms with Gasteiger partial charge < -0.3 is 19.9 Å². The van der Waals surface area contributed by atoms with E-state index in [0.29, 0.717) is 16.6 Å². The number of nitrogens with zero attached hydrogens (tertiary/aromatic N) is 1. The van der Waals surface area contributed by atoms with E-state index >= 15 is 0 Å². The Morgan fingerprint density at radius 3 is 2.52 bits per heavy atom. The molecule has 108 valence electrons. The zero-order valence-electron chi connectivity index (χ0n) is 11.5. The Balaban J connectivity index is 2.05. The Bertz CT molecular complexity index is 695. The molecule has 0 unspecified atom stereocenters. The summed E-state index contributed by atoms with van der Waals surface area (Å²) in [5.74, 6) is -0.333. The van der Waals surface area contributed by atoms with Gasteiger partial charge in [0.2, 0.25) is 0 Å². The van der Waals surface area contributed by atoms with Crippen molar-refractivity contribution in [1.29, 1.82) is 0 Å². The molecule has 1 aromatic heterocycles. The Hall–Kier alpha value is -2.38. The lowest BCUT2D eigenvalue weighted by Gasteiger charge is -2.07. The lowest BCUT2D eigenvalue weighted by Crippen LogP contribution is -2.31. The summed E-state index contributed by atoms with van der Waals surface area (Å²) < 4.78 is 1.44. The fourth-order valence-electron chi connectivity index (χ4n) is 1.87. The normalized spacial score (nSPS) is 10.2. The maximum atomic E-state index is 12.0. The molecule has 7 heteroatoms. The van der Waals surface area contributed by atoms with E-state index in [9.17, 15) is 9.59 Å². The van der Waals surface area contributed by atoms with Gasteiger partial charge in [-0.1, -0.05) is 18.2 Å². The number of carbonyl (C=O) groups is 1. The summed E-state index contributed by atoms with van der Waals surface area (Å²) in [4.78, 5) is 23.7. The number of pyridine rings is 1. The van der Waals surface area contributed by atoms with Gasteiger partial charge in [-0.15, -0.1) is 0 Å². The molecule has 0 bridgehead atoms. The van der Waals surface area contributed by atoms with Crippen molar-refractivity contribution in [2.45, 2.75) is 6.54 Å². The first-order valence-electron chi connectivity index (χ1n) is 6.38. The second-order valence-corrected chi connectivity index (χ2v) is 4.63. The molecular weight excluding hydrogens is 271 g/mol. The number of hydrogen-bond acceptors (Lipinski definition) is 4. The summed E-state index contributed by atoms with van der Waals surface area (Å²) in [6.45, 7) is 0.136. The van der Waals surface area contributed by atoms with Crippen molar-refractivity contribution in [2.75, 3.05) is 0 Å². The van der Waals surface area contributed by atoms with Crippen molar-refractivity contribution in [3.05, 3.63) is 64.1 Å². The maximum Gasteiger partial charge on any atom is 0.488 e. The minimum Gasteiger partial charge on any atom is -0.423 e. The van der Waals surface area contributed by atoms with Crippen LogP contribution in [0.2, 0.25) is 0 Å². The van der Waals surface area contributed by atoms with E-state index in [0.717, 1.165) is 0 Å². The van der Waals surface area contributed by atoms with Gasteiger partial charge >= 0.3 is 7.12 Å². The number of aryl methyl sites for hydroxylation is 1. The SMILES string of the molecule is Cn1cccc(CNC(=O)c2ccc(B(O)O)cc2)c1=O. The van der Waals surface area contributed by atoms with Crippen LogP contribution in [-0.2, 0) is 13.6 Å². The lowest BCUT2D eigenvalue weighted by molar-refractivity contribution is 0.0950. The molecular formula is C14H15BN2O4. The molecule has 0 saturated heterocycles. The van der Waals surface area contributed by atoms with Gasteiger partial charge in [-0.3, -0.25) is 9.59 Å². The molecule has 0 aliphatic carbocycles. The molecule has 0 fully saturated rings. The topological polar surface area (TPSA) is 91.6 Å². The fraction of sp³-hybridized carbons (Fsp3) is 0.143. The van der Waals surface area contributed by atoms with Gasteiger partial charge in [0.05, 0.1) is 0 Å². The van der Waals surface area contributed by atoms with Crippen LogP contribution in [0.15, 0.2) is 47.4 Å². The molecule has 1 aromatic carbocycles. The number of hydrogen-bond donors (Lipinski definition) is 3. The summed E-state index contributed by atoms with van der Waals surface area (Å²) >= 11 is 0. The van der Waals surface area contributed by atoms with Crippen LogP contribution in [0.4, 0.5) is 0 Å². The minimum absolute atomic E-state index is 0.136. The third-order valence-corrected chi connectivity index (χ3v) is 3.11. The molecule has 0 spiro atoms. The van der Waals surface area contributed by atoms with Crippen LogP contribution in [0, 0.1) is 0 Å². The van der Waals surface area contributed by atoms with E-state index in [-0.39, 0.29) is 18.0 Å². The summed E-state index contributed by atoms with van der Waals surface area (Å²) in [7, 11) is 0.0847. The van der Waals surface area contributed by atoms with E-state index in [1.807, 2.05) is 0 Å². The predicted molar refractivity (Wildman–Crippen MR) is 79.1 cm³/mol. The predicted octanol–water partition coefficient (Wildman–Crippen LogP) is -1.00. The number of rotatable bonds is 4. The van der Waals surface area contributed by atoms with E-state index in [4.69, 9.17) is 10.0 Å². The van der Waals surface area contributed by atoms with Crippen LogP contribution >= 0.6 is 0 Å². The van der Waals surface area contributed by atoms with Crippen LogP contribution in [-0.4, -0.2) is 27.6 Å². The molecule has 3 N–H and O–H groups in total. The molecule has 0 atom stereocenters. The van der Waals surface area contributed by atoms with Crippen LogP contribution < -0.4 is 16.3 Å². The highest BCUT2D eigenvalue weighted by molar-refractivity contribution is 6.58. The summed E-state index contributed by atoms with van der Waals surface area (Å²) in [6.07, 6.45) is 1.65. The van der Waals surface area contributed by atoms with Crippen molar-refractivity contribution in [3.8, 4) is 0 Å². The first-order chi connectivity index (χ1) is 9.99. The third kappa shape index (κ3) is 3.59. The van der Waals surface area contributed by atoms with Gasteiger partial charge in [-0.2, -0.15) is 0 Å². The molecule has 21 heavy (non-hydrogen) atoms. The highest BCUT2D eigenvalue weighted by Crippen LogP contribution is 1.99. The second-order valence-electron chi connectivity index (χ2n) is 4.63. The maximum absolute atomic E-state index is 12.0. The van der Waals surface area contributed by atoms with Crippen LogP contribution in [0.25, 0.3) is 0 Å². The summed E-state index contributed by atoms with van der Waals surface area (Å²) in [5, 5.41) is 20.6. The Morgan fingerprint density at radius 1 is 1.24 bits per heavy atom. The van der Waals surface area contributed by atoms with Gasteiger partial charge in [-0.05, 0) is 23.7 Å². The van der Waals surface area contributed by atoms with Crippen molar-refractivity contribution in [2.24, 2.45) is 7.05 Å². The molecule has 0 saturated carbocycles. The van der Waals surface area contributed by atoms with Crippen LogP contribution in [0.3, 0.4) is 0 Å². The smallest absolute Gasteiger partial charge is 0.423 e. The van der Waals surface area contributed by atoms with E-state index in [2.05, 4.69) is 5.32 Å². The average Bonchev–Trinajstić information content (AvgIpc) is 2.48. The van der Waals surface area contributed by atoms with E-state index < -0.39 is 7.12 Å². The fourth-order valence-corrected chi connectivity index (χ4v) is 1.87. The molecule has 1 amide bonds. The number of amides is 1. The lowest BCUT2D eigenvalue weighted by atomic mass is 9.80. The van der Waals surface area contributed by atoms with Crippen molar-refractivity contribution in [3.63, 3.8) is 0 Å². The molecule has 2 aromatic rings. The highest BCUT2D eigenvalue weighted by Gasteiger charge is 2.12. The van der Waals surface area contributed by atoms with E-state index in [1.54, 1.807) is 25.4 Å². The number of benzene rings is 1. The van der Waals surface area contributed by atoms with Crippen molar-refractivity contribution < 1.29 is 14.8 Å². The second kappa shape index (κ2) is 6.38. The van der Waals surface area contributed by atoms with Gasteiger partial charge in [-0.25, -0.2) is 0 Å². The number of carbonyl (C=O) groups excluding carboxylic acids is 1. The van der Waals surface area contributed by atoms with Gasteiger partial charge in [0.15, 0.2) is 0 Å². The molecule has 0 aliphatic rings. The number of nitrogens with one attached hydrogen (secondary N) is 1. The van der Waals surface area contributed by atoms with Crippen LogP contribution in [0.5, 0.6) is 0 Å². The highest BCUT2D eigenvalue weighted by atomic mass is 16.4. The van der Waals surface area contributed by atoms with Gasteiger partial charge in [0.1, 0.15) is 0 Å². The Kier molecular flexibility index (Phi) is 4.57. The van der Waals surface area contributed by atoms with Crippen LogP contribution in [0.1, 0.15) is 15.9 Å². The average molecular weight is 286 g/mol.